The number of hydrogen-bond donors (Lipinski definition) is 0. The average molecular weight is 320 g/mol. The molecule has 0 aromatic carbocycles. The Morgan fingerprint density at radius 2 is 2.08 bits per heavy atom. The summed E-state index contributed by atoms with van der Waals surface area (Å²) in [7, 11) is 1.85. The van der Waals surface area contributed by atoms with Crippen molar-refractivity contribution in [3.8, 4) is 12.1 Å². The van der Waals surface area contributed by atoms with Gasteiger partial charge in [0.15, 0.2) is 5.57 Å². The Morgan fingerprint density at radius 3 is 2.67 bits per heavy atom. The maximum Gasteiger partial charge on any atom is 0.355 e. The first kappa shape index (κ1) is 16.9. The molecule has 1 aromatic rings. The molecule has 1 aromatic heterocycles. The van der Waals surface area contributed by atoms with E-state index < -0.39 is 5.97 Å². The SMILES string of the molecule is CCOC(=O)/C(=C\c1cccn1C)N1C=CC=CC1=C(C#N)C#N. The first-order valence-electron chi connectivity index (χ1n) is 7.31. The van der Waals surface area contributed by atoms with Crippen LogP contribution in [0, 0.1) is 22.7 Å². The summed E-state index contributed by atoms with van der Waals surface area (Å²) < 4.78 is 6.99. The number of nitriles is 2. The molecule has 6 nitrogen and oxygen atoms in total. The Bertz CT molecular complexity index is 825. The fourth-order valence-corrected chi connectivity index (χ4v) is 2.19. The van der Waals surface area contributed by atoms with Crippen LogP contribution in [0.25, 0.3) is 6.08 Å². The van der Waals surface area contributed by atoms with Crippen LogP contribution >= 0.6 is 0 Å². The van der Waals surface area contributed by atoms with Crippen LogP contribution in [0.5, 0.6) is 0 Å². The minimum absolute atomic E-state index is 0.0855. The van der Waals surface area contributed by atoms with Gasteiger partial charge >= 0.3 is 5.97 Å². The summed E-state index contributed by atoms with van der Waals surface area (Å²) in [6.45, 7) is 1.94. The van der Waals surface area contributed by atoms with E-state index in [1.54, 1.807) is 37.4 Å². The molecule has 0 fully saturated rings. The van der Waals surface area contributed by atoms with Gasteiger partial charge in [0, 0.05) is 25.1 Å². The molecule has 2 rings (SSSR count). The van der Waals surface area contributed by atoms with Gasteiger partial charge in [0.25, 0.3) is 0 Å². The largest absolute Gasteiger partial charge is 0.461 e. The van der Waals surface area contributed by atoms with Crippen molar-refractivity contribution in [2.24, 2.45) is 7.05 Å². The molecular formula is C18H16N4O2. The number of hydrogen-bond acceptors (Lipinski definition) is 5. The van der Waals surface area contributed by atoms with E-state index >= 15 is 0 Å². The minimum Gasteiger partial charge on any atom is -0.461 e. The zero-order chi connectivity index (χ0) is 17.5. The van der Waals surface area contributed by atoms with E-state index in [2.05, 4.69) is 0 Å². The summed E-state index contributed by atoms with van der Waals surface area (Å²) in [6.07, 6.45) is 10.2. The van der Waals surface area contributed by atoms with E-state index in [4.69, 9.17) is 15.3 Å². The van der Waals surface area contributed by atoms with Crippen LogP contribution in [0.3, 0.4) is 0 Å². The maximum absolute atomic E-state index is 12.4. The van der Waals surface area contributed by atoms with E-state index in [-0.39, 0.29) is 17.9 Å². The first-order chi connectivity index (χ1) is 11.6. The van der Waals surface area contributed by atoms with Crippen LogP contribution in [-0.4, -0.2) is 22.0 Å². The number of carbonyl (C=O) groups excluding carboxylic acids is 1. The first-order valence-corrected chi connectivity index (χ1v) is 7.31. The molecule has 1 aliphatic rings. The fraction of sp³-hybridized carbons (Fsp3) is 0.167. The summed E-state index contributed by atoms with van der Waals surface area (Å²) in [4.78, 5) is 13.9. The summed E-state index contributed by atoms with van der Waals surface area (Å²) >= 11 is 0. The lowest BCUT2D eigenvalue weighted by molar-refractivity contribution is -0.139. The third-order valence-electron chi connectivity index (χ3n) is 3.35. The van der Waals surface area contributed by atoms with Crippen LogP contribution in [0.1, 0.15) is 12.6 Å². The molecule has 0 aliphatic carbocycles. The van der Waals surface area contributed by atoms with Gasteiger partial charge in [0.2, 0.25) is 0 Å². The molecule has 120 valence electrons. The number of aromatic nitrogens is 1. The van der Waals surface area contributed by atoms with Gasteiger partial charge < -0.3 is 14.2 Å². The van der Waals surface area contributed by atoms with Crippen LogP contribution in [0.15, 0.2) is 59.7 Å². The highest BCUT2D eigenvalue weighted by atomic mass is 16.5. The molecule has 0 saturated carbocycles. The summed E-state index contributed by atoms with van der Waals surface area (Å²) in [5, 5.41) is 18.3. The van der Waals surface area contributed by atoms with Crippen LogP contribution < -0.4 is 0 Å². The van der Waals surface area contributed by atoms with Gasteiger partial charge in [-0.05, 0) is 37.3 Å². The van der Waals surface area contributed by atoms with E-state index in [0.29, 0.717) is 5.70 Å². The number of allylic oxidation sites excluding steroid dienone is 4. The third-order valence-corrected chi connectivity index (χ3v) is 3.35. The second kappa shape index (κ2) is 7.66. The van der Waals surface area contributed by atoms with Crippen molar-refractivity contribution in [3.05, 3.63) is 65.4 Å². The van der Waals surface area contributed by atoms with Crippen LogP contribution in [-0.2, 0) is 16.6 Å². The van der Waals surface area contributed by atoms with Crippen molar-refractivity contribution in [3.63, 3.8) is 0 Å². The normalized spacial score (nSPS) is 13.4. The highest BCUT2D eigenvalue weighted by Crippen LogP contribution is 2.24. The number of esters is 1. The molecule has 0 radical (unpaired) electrons. The summed E-state index contributed by atoms with van der Waals surface area (Å²) in [5.74, 6) is -0.536. The topological polar surface area (TPSA) is 82.0 Å². The molecule has 0 N–H and O–H groups in total. The van der Waals surface area contributed by atoms with E-state index in [1.807, 2.05) is 42.1 Å². The van der Waals surface area contributed by atoms with E-state index in [0.717, 1.165) is 5.69 Å². The quantitative estimate of drug-likeness (QED) is 0.484. The Hall–Kier alpha value is -3.51. The molecule has 2 heterocycles. The van der Waals surface area contributed by atoms with Gasteiger partial charge in [-0.25, -0.2) is 4.79 Å². The summed E-state index contributed by atoms with van der Waals surface area (Å²) in [6, 6.07) is 7.41. The second-order valence-electron chi connectivity index (χ2n) is 4.85. The van der Waals surface area contributed by atoms with Crippen LogP contribution in [0.4, 0.5) is 0 Å². The van der Waals surface area contributed by atoms with Crippen LogP contribution in [0.2, 0.25) is 0 Å². The predicted octanol–water partition coefficient (Wildman–Crippen LogP) is 2.62. The standard InChI is InChI=1S/C18H16N4O2/c1-3-24-18(23)17(11-15-7-6-9-21(15)2)22-10-5-4-8-16(22)14(12-19)13-20/h4-11H,3H2,1-2H3/b17-11+. The number of rotatable bonds is 4. The molecule has 24 heavy (non-hydrogen) atoms. The van der Waals surface area contributed by atoms with Crippen molar-refractivity contribution in [2.45, 2.75) is 6.92 Å². The third kappa shape index (κ3) is 3.45. The smallest absolute Gasteiger partial charge is 0.355 e. The maximum atomic E-state index is 12.4. The minimum atomic E-state index is -0.536. The zero-order valence-electron chi connectivity index (χ0n) is 13.4. The number of ether oxygens (including phenoxy) is 1. The lowest BCUT2D eigenvalue weighted by Gasteiger charge is -2.25. The molecule has 0 atom stereocenters. The number of nitrogens with zero attached hydrogens (tertiary/aromatic N) is 4. The molecule has 0 amide bonds. The van der Waals surface area contributed by atoms with Crippen molar-refractivity contribution < 1.29 is 9.53 Å². The Kier molecular flexibility index (Phi) is 5.38. The Balaban J connectivity index is 2.59. The highest BCUT2D eigenvalue weighted by molar-refractivity contribution is 5.93. The lowest BCUT2D eigenvalue weighted by atomic mass is 10.1. The average Bonchev–Trinajstić information content (AvgIpc) is 2.99. The van der Waals surface area contributed by atoms with Gasteiger partial charge in [-0.3, -0.25) is 0 Å². The molecule has 6 heteroatoms. The molecule has 0 saturated heterocycles. The van der Waals surface area contributed by atoms with Crippen molar-refractivity contribution in [2.75, 3.05) is 6.61 Å². The van der Waals surface area contributed by atoms with E-state index in [9.17, 15) is 4.79 Å². The summed E-state index contributed by atoms with van der Waals surface area (Å²) in [5.41, 5.74) is 1.25. The molecule has 0 unspecified atom stereocenters. The van der Waals surface area contributed by atoms with Gasteiger partial charge in [-0.15, -0.1) is 0 Å². The van der Waals surface area contributed by atoms with Crippen molar-refractivity contribution in [1.82, 2.24) is 9.47 Å². The molecule has 0 spiro atoms. The number of aryl methyl sites for hydroxylation is 1. The van der Waals surface area contributed by atoms with Gasteiger partial charge in [0.1, 0.15) is 17.8 Å². The molecule has 0 bridgehead atoms. The Labute approximate surface area is 140 Å². The van der Waals surface area contributed by atoms with Crippen molar-refractivity contribution in [1.29, 1.82) is 10.5 Å². The highest BCUT2D eigenvalue weighted by Gasteiger charge is 2.23. The predicted molar refractivity (Wildman–Crippen MR) is 88.4 cm³/mol. The number of carbonyl (C=O) groups is 1. The Morgan fingerprint density at radius 1 is 1.33 bits per heavy atom. The van der Waals surface area contributed by atoms with Gasteiger partial charge in [-0.1, -0.05) is 6.08 Å². The zero-order valence-corrected chi connectivity index (χ0v) is 13.4. The monoisotopic (exact) mass is 320 g/mol. The lowest BCUT2D eigenvalue weighted by Crippen LogP contribution is -2.25. The van der Waals surface area contributed by atoms with Crippen molar-refractivity contribution >= 4 is 12.0 Å². The molecular weight excluding hydrogens is 304 g/mol. The molecule has 1 aliphatic heterocycles. The fourth-order valence-electron chi connectivity index (χ4n) is 2.19. The van der Waals surface area contributed by atoms with E-state index in [1.165, 1.54) is 4.90 Å². The van der Waals surface area contributed by atoms with Gasteiger partial charge in [0.05, 0.1) is 12.3 Å². The second-order valence-corrected chi connectivity index (χ2v) is 4.85. The van der Waals surface area contributed by atoms with Gasteiger partial charge in [-0.2, -0.15) is 10.5 Å².